The van der Waals surface area contributed by atoms with E-state index >= 15 is 0 Å². The SMILES string of the molecule is CC[C@@H](O)CN[C@H](C)c1ccc(-c2cccnc2)cc1. The molecule has 0 saturated carbocycles. The van der Waals surface area contributed by atoms with E-state index in [0.717, 1.165) is 12.0 Å². The molecule has 2 rings (SSSR count). The highest BCUT2D eigenvalue weighted by atomic mass is 16.3. The summed E-state index contributed by atoms with van der Waals surface area (Å²) in [5.41, 5.74) is 3.52. The molecule has 0 unspecified atom stereocenters. The molecule has 3 heteroatoms. The molecule has 0 saturated heterocycles. The first-order chi connectivity index (χ1) is 9.70. The molecule has 1 aromatic heterocycles. The fourth-order valence-corrected chi connectivity index (χ4v) is 2.07. The van der Waals surface area contributed by atoms with Gasteiger partial charge in [-0.3, -0.25) is 4.98 Å². The lowest BCUT2D eigenvalue weighted by atomic mass is 10.0. The lowest BCUT2D eigenvalue weighted by Crippen LogP contribution is -2.28. The summed E-state index contributed by atoms with van der Waals surface area (Å²) in [6.45, 7) is 4.73. The van der Waals surface area contributed by atoms with Crippen molar-refractivity contribution < 1.29 is 5.11 Å². The van der Waals surface area contributed by atoms with Crippen LogP contribution in [0, 0.1) is 0 Å². The minimum absolute atomic E-state index is 0.235. The molecule has 0 radical (unpaired) electrons. The van der Waals surface area contributed by atoms with E-state index in [1.165, 1.54) is 11.1 Å². The largest absolute Gasteiger partial charge is 0.392 e. The number of benzene rings is 1. The zero-order chi connectivity index (χ0) is 14.4. The second-order valence-corrected chi connectivity index (χ2v) is 5.06. The summed E-state index contributed by atoms with van der Waals surface area (Å²) in [5, 5.41) is 12.9. The highest BCUT2D eigenvalue weighted by Gasteiger charge is 2.07. The summed E-state index contributed by atoms with van der Waals surface area (Å²) < 4.78 is 0. The topological polar surface area (TPSA) is 45.1 Å². The van der Waals surface area contributed by atoms with Crippen LogP contribution in [-0.2, 0) is 0 Å². The number of nitrogens with zero attached hydrogens (tertiary/aromatic N) is 1. The molecule has 0 aliphatic rings. The molecule has 1 aromatic carbocycles. The van der Waals surface area contributed by atoms with Crippen molar-refractivity contribution in [3.05, 3.63) is 54.4 Å². The number of pyridine rings is 1. The minimum atomic E-state index is -0.271. The van der Waals surface area contributed by atoms with E-state index in [4.69, 9.17) is 0 Å². The van der Waals surface area contributed by atoms with Gasteiger partial charge >= 0.3 is 0 Å². The molecule has 0 amide bonds. The Labute approximate surface area is 120 Å². The Morgan fingerprint density at radius 2 is 1.90 bits per heavy atom. The fourth-order valence-electron chi connectivity index (χ4n) is 2.07. The third-order valence-electron chi connectivity index (χ3n) is 3.54. The van der Waals surface area contributed by atoms with Crippen molar-refractivity contribution in [3.63, 3.8) is 0 Å². The summed E-state index contributed by atoms with van der Waals surface area (Å²) >= 11 is 0. The third-order valence-corrected chi connectivity index (χ3v) is 3.54. The molecule has 2 N–H and O–H groups in total. The molecule has 2 atom stereocenters. The minimum Gasteiger partial charge on any atom is -0.392 e. The van der Waals surface area contributed by atoms with Gasteiger partial charge in [0.25, 0.3) is 0 Å². The van der Waals surface area contributed by atoms with Crippen LogP contribution in [0.2, 0.25) is 0 Å². The number of aliphatic hydroxyl groups is 1. The van der Waals surface area contributed by atoms with Crippen molar-refractivity contribution in [2.45, 2.75) is 32.4 Å². The Hall–Kier alpha value is -1.71. The molecule has 0 bridgehead atoms. The van der Waals surface area contributed by atoms with Crippen LogP contribution in [0.25, 0.3) is 11.1 Å². The van der Waals surface area contributed by atoms with Gasteiger partial charge in [0.1, 0.15) is 0 Å². The van der Waals surface area contributed by atoms with Gasteiger partial charge in [0, 0.05) is 25.0 Å². The van der Waals surface area contributed by atoms with E-state index in [-0.39, 0.29) is 12.1 Å². The number of rotatable bonds is 6. The van der Waals surface area contributed by atoms with Crippen molar-refractivity contribution in [3.8, 4) is 11.1 Å². The molecule has 20 heavy (non-hydrogen) atoms. The van der Waals surface area contributed by atoms with E-state index in [1.54, 1.807) is 6.20 Å². The highest BCUT2D eigenvalue weighted by molar-refractivity contribution is 5.62. The molecular formula is C17H22N2O. The summed E-state index contributed by atoms with van der Waals surface area (Å²) in [6, 6.07) is 12.7. The molecule has 0 spiro atoms. The summed E-state index contributed by atoms with van der Waals surface area (Å²) in [7, 11) is 0. The van der Waals surface area contributed by atoms with Crippen LogP contribution >= 0.6 is 0 Å². The van der Waals surface area contributed by atoms with Gasteiger partial charge in [-0.05, 0) is 36.1 Å². The van der Waals surface area contributed by atoms with Crippen LogP contribution in [0.15, 0.2) is 48.8 Å². The summed E-state index contributed by atoms with van der Waals surface area (Å²) in [6.07, 6.45) is 4.16. The first-order valence-electron chi connectivity index (χ1n) is 7.12. The van der Waals surface area contributed by atoms with E-state index in [0.29, 0.717) is 6.54 Å². The van der Waals surface area contributed by atoms with Crippen LogP contribution in [0.4, 0.5) is 0 Å². The van der Waals surface area contributed by atoms with Crippen LogP contribution in [0.5, 0.6) is 0 Å². The van der Waals surface area contributed by atoms with Crippen molar-refractivity contribution in [1.82, 2.24) is 10.3 Å². The molecule has 3 nitrogen and oxygen atoms in total. The maximum atomic E-state index is 9.58. The Bertz CT molecular complexity index is 510. The molecule has 0 aliphatic carbocycles. The van der Waals surface area contributed by atoms with Gasteiger partial charge in [0.2, 0.25) is 0 Å². The zero-order valence-corrected chi connectivity index (χ0v) is 12.1. The zero-order valence-electron chi connectivity index (χ0n) is 12.1. The Morgan fingerprint density at radius 3 is 2.50 bits per heavy atom. The monoisotopic (exact) mass is 270 g/mol. The molecule has 0 aliphatic heterocycles. The van der Waals surface area contributed by atoms with Gasteiger partial charge in [-0.15, -0.1) is 0 Å². The van der Waals surface area contributed by atoms with Gasteiger partial charge in [0.05, 0.1) is 6.10 Å². The standard InChI is InChI=1S/C17H22N2O/c1-3-17(20)12-19-13(2)14-6-8-15(9-7-14)16-5-4-10-18-11-16/h4-11,13,17,19-20H,3,12H2,1-2H3/t13-,17-/m1/s1. The number of hydrogen-bond donors (Lipinski definition) is 2. The first kappa shape index (κ1) is 14.7. The first-order valence-corrected chi connectivity index (χ1v) is 7.12. The Kier molecular flexibility index (Phi) is 5.27. The number of aliphatic hydroxyl groups excluding tert-OH is 1. The molecule has 106 valence electrons. The van der Waals surface area contributed by atoms with E-state index < -0.39 is 0 Å². The van der Waals surface area contributed by atoms with Crippen molar-refractivity contribution in [1.29, 1.82) is 0 Å². The van der Waals surface area contributed by atoms with Crippen LogP contribution in [-0.4, -0.2) is 22.7 Å². The maximum Gasteiger partial charge on any atom is 0.0662 e. The second-order valence-electron chi connectivity index (χ2n) is 5.06. The van der Waals surface area contributed by atoms with Gasteiger partial charge in [-0.1, -0.05) is 37.3 Å². The lowest BCUT2D eigenvalue weighted by molar-refractivity contribution is 0.164. The maximum absolute atomic E-state index is 9.58. The van der Waals surface area contributed by atoms with Crippen LogP contribution in [0.3, 0.4) is 0 Å². The molecule has 1 heterocycles. The number of hydrogen-bond acceptors (Lipinski definition) is 3. The Morgan fingerprint density at radius 1 is 1.15 bits per heavy atom. The average molecular weight is 270 g/mol. The average Bonchev–Trinajstić information content (AvgIpc) is 2.53. The number of nitrogens with one attached hydrogen (secondary N) is 1. The predicted octanol–water partition coefficient (Wildman–Crippen LogP) is 3.17. The Balaban J connectivity index is 2.01. The van der Waals surface area contributed by atoms with Crippen LogP contribution < -0.4 is 5.32 Å². The second kappa shape index (κ2) is 7.17. The van der Waals surface area contributed by atoms with E-state index in [9.17, 15) is 5.11 Å². The van der Waals surface area contributed by atoms with Crippen molar-refractivity contribution >= 4 is 0 Å². The molecule has 0 fully saturated rings. The third kappa shape index (κ3) is 3.89. The predicted molar refractivity (Wildman–Crippen MR) is 82.4 cm³/mol. The highest BCUT2D eigenvalue weighted by Crippen LogP contribution is 2.21. The molecule has 2 aromatic rings. The quantitative estimate of drug-likeness (QED) is 0.847. The fraction of sp³-hybridized carbons (Fsp3) is 0.353. The van der Waals surface area contributed by atoms with E-state index in [1.807, 2.05) is 19.2 Å². The van der Waals surface area contributed by atoms with E-state index in [2.05, 4.69) is 47.6 Å². The lowest BCUT2D eigenvalue weighted by Gasteiger charge is -2.17. The molecular weight excluding hydrogens is 248 g/mol. The van der Waals surface area contributed by atoms with Gasteiger partial charge < -0.3 is 10.4 Å². The number of aromatic nitrogens is 1. The van der Waals surface area contributed by atoms with Gasteiger partial charge in [-0.25, -0.2) is 0 Å². The van der Waals surface area contributed by atoms with Gasteiger partial charge in [-0.2, -0.15) is 0 Å². The van der Waals surface area contributed by atoms with Crippen molar-refractivity contribution in [2.24, 2.45) is 0 Å². The van der Waals surface area contributed by atoms with Crippen molar-refractivity contribution in [2.75, 3.05) is 6.54 Å². The smallest absolute Gasteiger partial charge is 0.0662 e. The summed E-state index contributed by atoms with van der Waals surface area (Å²) in [5.74, 6) is 0. The summed E-state index contributed by atoms with van der Waals surface area (Å²) in [4.78, 5) is 4.14. The van der Waals surface area contributed by atoms with Crippen LogP contribution in [0.1, 0.15) is 31.9 Å². The van der Waals surface area contributed by atoms with Gasteiger partial charge in [0.15, 0.2) is 0 Å². The normalized spacial score (nSPS) is 13.9.